The number of anilines is 1. The summed E-state index contributed by atoms with van der Waals surface area (Å²) < 4.78 is 24.1. The SMILES string of the molecule is COc1cc2ccc1CNC(=O)CCc1ccc(OC)c(c1)OCC(=O)N[C@@H]1CN(C(=O)c3cccc4nc(N)sc34)CC[C@@H]1O2. The second kappa shape index (κ2) is 13.5. The van der Waals surface area contributed by atoms with Crippen LogP contribution in [0.25, 0.3) is 10.2 Å². The molecule has 1 aromatic heterocycles. The molecule has 4 bridgehead atoms. The number of nitrogens with two attached hydrogens (primary N) is 1. The molecule has 4 N–H and O–H groups in total. The van der Waals surface area contributed by atoms with Crippen LogP contribution in [0.15, 0.2) is 54.6 Å². The lowest BCUT2D eigenvalue weighted by Gasteiger charge is -2.39. The van der Waals surface area contributed by atoms with Crippen LogP contribution in [0.5, 0.6) is 23.0 Å². The van der Waals surface area contributed by atoms with Crippen LogP contribution in [-0.4, -0.2) is 73.7 Å². The average Bonchev–Trinajstić information content (AvgIpc) is 3.46. The molecule has 12 nitrogen and oxygen atoms in total. The van der Waals surface area contributed by atoms with Crippen LogP contribution < -0.4 is 35.3 Å². The Morgan fingerprint density at radius 2 is 1.89 bits per heavy atom. The van der Waals surface area contributed by atoms with E-state index >= 15 is 0 Å². The van der Waals surface area contributed by atoms with Crippen molar-refractivity contribution in [3.8, 4) is 23.0 Å². The number of nitrogens with one attached hydrogen (secondary N) is 2. The smallest absolute Gasteiger partial charge is 0.258 e. The van der Waals surface area contributed by atoms with E-state index in [1.807, 2.05) is 24.3 Å². The van der Waals surface area contributed by atoms with E-state index in [1.165, 1.54) is 18.4 Å². The number of ether oxygens (including phenoxy) is 4. The highest BCUT2D eigenvalue weighted by molar-refractivity contribution is 7.22. The first-order valence-corrected chi connectivity index (χ1v) is 15.8. The van der Waals surface area contributed by atoms with Crippen molar-refractivity contribution in [3.63, 3.8) is 0 Å². The van der Waals surface area contributed by atoms with Crippen molar-refractivity contribution in [1.82, 2.24) is 20.5 Å². The zero-order valence-electron chi connectivity index (χ0n) is 25.5. The Morgan fingerprint density at radius 1 is 1.04 bits per heavy atom. The van der Waals surface area contributed by atoms with Crippen molar-refractivity contribution < 1.29 is 33.3 Å². The van der Waals surface area contributed by atoms with Crippen molar-refractivity contribution in [2.45, 2.75) is 38.0 Å². The number of rotatable bonds is 3. The summed E-state index contributed by atoms with van der Waals surface area (Å²) >= 11 is 1.27. The first kappa shape index (κ1) is 31.0. The van der Waals surface area contributed by atoms with Gasteiger partial charge in [0, 0.05) is 44.1 Å². The number of nitrogens with zero attached hydrogens (tertiary/aromatic N) is 2. The number of carbonyl (C=O) groups excluding carboxylic acids is 3. The molecular formula is C33H35N5O7S. The molecule has 240 valence electrons. The summed E-state index contributed by atoms with van der Waals surface area (Å²) in [4.78, 5) is 45.8. The highest BCUT2D eigenvalue weighted by atomic mass is 32.1. The van der Waals surface area contributed by atoms with E-state index in [0.717, 1.165) is 15.8 Å². The van der Waals surface area contributed by atoms with Gasteiger partial charge in [-0.3, -0.25) is 14.4 Å². The monoisotopic (exact) mass is 645 g/mol. The number of nitrogen functional groups attached to an aromatic ring is 1. The first-order valence-electron chi connectivity index (χ1n) is 14.9. The van der Waals surface area contributed by atoms with Crippen LogP contribution in [0.2, 0.25) is 0 Å². The van der Waals surface area contributed by atoms with Gasteiger partial charge in [0.15, 0.2) is 23.2 Å². The van der Waals surface area contributed by atoms with Gasteiger partial charge in [0.05, 0.1) is 36.0 Å². The number of likely N-dealkylation sites (tertiary alicyclic amines) is 1. The number of hydrogen-bond acceptors (Lipinski definition) is 10. The molecule has 0 aliphatic carbocycles. The second-order valence-electron chi connectivity index (χ2n) is 11.1. The topological polar surface area (TPSA) is 154 Å². The maximum absolute atomic E-state index is 13.8. The van der Waals surface area contributed by atoms with Gasteiger partial charge in [-0.1, -0.05) is 23.5 Å². The quantitative estimate of drug-likeness (QED) is 0.305. The molecule has 4 aromatic rings. The summed E-state index contributed by atoms with van der Waals surface area (Å²) in [5.41, 5.74) is 8.77. The Bertz CT molecular complexity index is 1780. The molecule has 3 amide bonds. The molecule has 46 heavy (non-hydrogen) atoms. The Morgan fingerprint density at radius 3 is 2.72 bits per heavy atom. The van der Waals surface area contributed by atoms with E-state index < -0.39 is 12.1 Å². The minimum Gasteiger partial charge on any atom is -0.496 e. The van der Waals surface area contributed by atoms with Crippen LogP contribution in [0.4, 0.5) is 5.13 Å². The normalized spacial score (nSPS) is 19.0. The number of hydrogen-bond donors (Lipinski definition) is 3. The van der Waals surface area contributed by atoms with Crippen molar-refractivity contribution in [2.24, 2.45) is 0 Å². The Hall–Kier alpha value is -5.04. The number of fused-ring (bicyclic) bond motifs is 10. The number of amides is 3. The van der Waals surface area contributed by atoms with Crippen LogP contribution in [0.3, 0.4) is 0 Å². The molecule has 1 saturated heterocycles. The molecule has 4 heterocycles. The third-order valence-corrected chi connectivity index (χ3v) is 9.03. The molecule has 0 radical (unpaired) electrons. The van der Waals surface area contributed by atoms with Gasteiger partial charge in [0.25, 0.3) is 11.8 Å². The van der Waals surface area contributed by atoms with Crippen molar-refractivity contribution in [3.05, 3.63) is 71.3 Å². The van der Waals surface area contributed by atoms with E-state index in [2.05, 4.69) is 15.6 Å². The van der Waals surface area contributed by atoms with Crippen LogP contribution >= 0.6 is 11.3 Å². The zero-order chi connectivity index (χ0) is 32.2. The highest BCUT2D eigenvalue weighted by Gasteiger charge is 2.35. The minimum absolute atomic E-state index is 0.114. The van der Waals surface area contributed by atoms with Gasteiger partial charge < -0.3 is 40.2 Å². The third-order valence-electron chi connectivity index (χ3n) is 8.09. The summed E-state index contributed by atoms with van der Waals surface area (Å²) in [5.74, 6) is 1.28. The molecule has 3 aromatic carbocycles. The number of aromatic nitrogens is 1. The van der Waals surface area contributed by atoms with Crippen molar-refractivity contribution >= 4 is 44.4 Å². The summed E-state index contributed by atoms with van der Waals surface area (Å²) in [6, 6.07) is 15.6. The van der Waals surface area contributed by atoms with Gasteiger partial charge in [-0.2, -0.15) is 0 Å². The predicted molar refractivity (Wildman–Crippen MR) is 173 cm³/mol. The molecule has 13 heteroatoms. The van der Waals surface area contributed by atoms with E-state index in [4.69, 9.17) is 24.7 Å². The van der Waals surface area contributed by atoms with Gasteiger partial charge in [-0.15, -0.1) is 0 Å². The van der Waals surface area contributed by atoms with Gasteiger partial charge in [-0.25, -0.2) is 4.98 Å². The maximum atomic E-state index is 13.8. The Labute approximate surface area is 269 Å². The average molecular weight is 646 g/mol. The summed E-state index contributed by atoms with van der Waals surface area (Å²) in [6.07, 6.45) is 0.726. The Kier molecular flexibility index (Phi) is 9.11. The molecule has 7 rings (SSSR count). The maximum Gasteiger partial charge on any atom is 0.258 e. The van der Waals surface area contributed by atoms with E-state index in [1.54, 1.807) is 42.3 Å². The second-order valence-corrected chi connectivity index (χ2v) is 12.1. The van der Waals surface area contributed by atoms with Crippen LogP contribution in [0, 0.1) is 0 Å². The predicted octanol–water partition coefficient (Wildman–Crippen LogP) is 3.32. The third kappa shape index (κ3) is 6.79. The van der Waals surface area contributed by atoms with Crippen LogP contribution in [-0.2, 0) is 22.6 Å². The summed E-state index contributed by atoms with van der Waals surface area (Å²) in [6.45, 7) is 0.609. The lowest BCUT2D eigenvalue weighted by Crippen LogP contribution is -2.58. The molecule has 0 saturated carbocycles. The number of piperidine rings is 1. The number of aryl methyl sites for hydroxylation is 1. The Balaban J connectivity index is 1.28. The van der Waals surface area contributed by atoms with Gasteiger partial charge >= 0.3 is 0 Å². The zero-order valence-corrected chi connectivity index (χ0v) is 26.4. The van der Waals surface area contributed by atoms with Gasteiger partial charge in [0.1, 0.15) is 17.6 Å². The fourth-order valence-electron chi connectivity index (χ4n) is 5.74. The molecule has 3 aliphatic rings. The fraction of sp³-hybridized carbons (Fsp3) is 0.333. The molecular weight excluding hydrogens is 610 g/mol. The summed E-state index contributed by atoms with van der Waals surface area (Å²) in [5, 5.41) is 6.38. The number of benzene rings is 3. The number of thiazole rings is 1. The number of carbonyl (C=O) groups is 3. The molecule has 2 atom stereocenters. The standard InChI is InChI=1S/C33H35N5O7S/c1-42-26-10-6-19-7-11-29(39)35-16-20-8-9-21(15-27(20)43-2)45-25-12-13-38(17-24(25)36-30(40)18-44-28(26)14-19)32(41)22-4-3-5-23-31(22)46-33(34)37-23/h3-6,8-10,14-15,24-25H,7,11-13,16-18H2,1-2H3,(H2,34,37)(H,35,39)(H,36,40)/t24-,25+/m1/s1. The fourth-order valence-corrected chi connectivity index (χ4v) is 6.58. The van der Waals surface area contributed by atoms with Crippen molar-refractivity contribution in [1.29, 1.82) is 0 Å². The largest absolute Gasteiger partial charge is 0.496 e. The molecule has 3 aliphatic heterocycles. The molecule has 0 spiro atoms. The highest BCUT2D eigenvalue weighted by Crippen LogP contribution is 2.31. The lowest BCUT2D eigenvalue weighted by molar-refractivity contribution is -0.125. The van der Waals surface area contributed by atoms with Crippen molar-refractivity contribution in [2.75, 3.05) is 39.6 Å². The first-order chi connectivity index (χ1) is 22.3. The summed E-state index contributed by atoms with van der Waals surface area (Å²) in [7, 11) is 3.08. The number of methoxy groups -OCH3 is 2. The van der Waals surface area contributed by atoms with E-state index in [-0.39, 0.29) is 43.8 Å². The molecule has 1 fully saturated rings. The van der Waals surface area contributed by atoms with Gasteiger partial charge in [0.2, 0.25) is 5.91 Å². The van der Waals surface area contributed by atoms with E-state index in [9.17, 15) is 14.4 Å². The lowest BCUT2D eigenvalue weighted by atomic mass is 10.0. The van der Waals surface area contributed by atoms with Crippen LogP contribution in [0.1, 0.15) is 34.3 Å². The molecule has 0 unspecified atom stereocenters. The van der Waals surface area contributed by atoms with Gasteiger partial charge in [-0.05, 0) is 48.4 Å². The van der Waals surface area contributed by atoms with E-state index in [0.29, 0.717) is 58.6 Å². The minimum atomic E-state index is -0.556.